The molecule has 62 heavy (non-hydrogen) atoms. The second-order valence-corrected chi connectivity index (χ2v) is 15.5. The number of fused-ring (bicyclic) bond motifs is 6. The van der Waals surface area contributed by atoms with Gasteiger partial charge in [-0.25, -0.2) is 15.0 Å². The zero-order valence-corrected chi connectivity index (χ0v) is 33.5. The van der Waals surface area contributed by atoms with E-state index in [-0.39, 0.29) is 0 Å². The largest absolute Gasteiger partial charge is 0.309 e. The summed E-state index contributed by atoms with van der Waals surface area (Å²) >= 11 is 0. The van der Waals surface area contributed by atoms with E-state index in [4.69, 9.17) is 19.9 Å². The maximum atomic E-state index is 5.42. The number of nitrogens with zero attached hydrogens (tertiary/aromatic N) is 6. The topological polar surface area (TPSA) is 61.4 Å². The summed E-state index contributed by atoms with van der Waals surface area (Å²) in [6.07, 6.45) is 1.84. The Labute approximate surface area is 357 Å². The van der Waals surface area contributed by atoms with Crippen LogP contribution < -0.4 is 0 Å². The predicted molar refractivity (Wildman–Crippen MR) is 253 cm³/mol. The lowest BCUT2D eigenvalue weighted by atomic mass is 10.0. The monoisotopic (exact) mass is 792 g/mol. The Morgan fingerprint density at radius 3 is 1.26 bits per heavy atom. The van der Waals surface area contributed by atoms with E-state index in [2.05, 4.69) is 185 Å². The molecule has 0 amide bonds. The molecule has 4 aromatic heterocycles. The van der Waals surface area contributed by atoms with Gasteiger partial charge in [0.05, 0.1) is 39.1 Å². The summed E-state index contributed by atoms with van der Waals surface area (Å²) in [4.78, 5) is 20.7. The van der Waals surface area contributed by atoms with E-state index < -0.39 is 0 Å². The molecule has 290 valence electrons. The summed E-state index contributed by atoms with van der Waals surface area (Å²) in [5, 5.41) is 4.76. The van der Waals surface area contributed by atoms with Gasteiger partial charge >= 0.3 is 0 Å². The van der Waals surface area contributed by atoms with Crippen LogP contribution in [0.5, 0.6) is 0 Å². The second-order valence-electron chi connectivity index (χ2n) is 15.5. The molecule has 0 N–H and O–H groups in total. The standard InChI is InChI=1S/C56H36N6/c1-3-17-37(18-4-1)41-32-31-40(36-52(41)61-48-26-11-7-21-42(48)43-22-8-12-27-49(43)61)55-58-54(38-19-5-2-6-20-38)59-56(60-55)46-33-30-39(47-25-15-16-34-57-47)35-53(46)62-50-28-13-9-23-44(50)45-24-10-14-29-51(45)62/h1-36H. The van der Waals surface area contributed by atoms with Crippen molar-refractivity contribution in [2.24, 2.45) is 0 Å². The summed E-state index contributed by atoms with van der Waals surface area (Å²) in [6.45, 7) is 0. The first-order valence-electron chi connectivity index (χ1n) is 20.8. The van der Waals surface area contributed by atoms with Crippen LogP contribution in [-0.2, 0) is 0 Å². The third-order valence-corrected chi connectivity index (χ3v) is 11.8. The van der Waals surface area contributed by atoms with E-state index in [1.807, 2.05) is 42.6 Å². The Morgan fingerprint density at radius 1 is 0.290 bits per heavy atom. The van der Waals surface area contributed by atoms with Crippen molar-refractivity contribution < 1.29 is 0 Å². The highest BCUT2D eigenvalue weighted by molar-refractivity contribution is 6.11. The summed E-state index contributed by atoms with van der Waals surface area (Å²) < 4.78 is 4.72. The number of rotatable bonds is 7. The Kier molecular flexibility index (Phi) is 8.38. The van der Waals surface area contributed by atoms with Gasteiger partial charge < -0.3 is 9.13 Å². The molecule has 0 saturated heterocycles. The minimum Gasteiger partial charge on any atom is -0.309 e. The number of hydrogen-bond acceptors (Lipinski definition) is 4. The molecule has 0 unspecified atom stereocenters. The molecule has 0 radical (unpaired) electrons. The van der Waals surface area contributed by atoms with E-state index in [1.54, 1.807) is 0 Å². The van der Waals surface area contributed by atoms with Gasteiger partial charge in [-0.2, -0.15) is 0 Å². The highest BCUT2D eigenvalue weighted by Gasteiger charge is 2.22. The average Bonchev–Trinajstić information content (AvgIpc) is 3.87. The van der Waals surface area contributed by atoms with Crippen molar-refractivity contribution in [1.29, 1.82) is 0 Å². The van der Waals surface area contributed by atoms with Gasteiger partial charge in [-0.15, -0.1) is 0 Å². The maximum absolute atomic E-state index is 5.42. The first kappa shape index (κ1) is 35.5. The Hall–Kier alpha value is -8.48. The number of aromatic nitrogens is 6. The van der Waals surface area contributed by atoms with Crippen molar-refractivity contribution in [2.75, 3.05) is 0 Å². The van der Waals surface area contributed by atoms with Crippen LogP contribution in [0.4, 0.5) is 0 Å². The fraction of sp³-hybridized carbons (Fsp3) is 0. The number of hydrogen-bond donors (Lipinski definition) is 0. The van der Waals surface area contributed by atoms with Crippen LogP contribution >= 0.6 is 0 Å². The van der Waals surface area contributed by atoms with Crippen LogP contribution in [0.2, 0.25) is 0 Å². The lowest BCUT2D eigenvalue weighted by Crippen LogP contribution is -2.05. The molecule has 0 spiro atoms. The van der Waals surface area contributed by atoms with Crippen LogP contribution in [0, 0.1) is 0 Å². The zero-order chi connectivity index (χ0) is 41.0. The highest BCUT2D eigenvalue weighted by atomic mass is 15.1. The number of pyridine rings is 1. The molecule has 0 aliphatic carbocycles. The third-order valence-electron chi connectivity index (χ3n) is 11.8. The van der Waals surface area contributed by atoms with Gasteiger partial charge in [-0.1, -0.05) is 158 Å². The lowest BCUT2D eigenvalue weighted by molar-refractivity contribution is 1.06. The van der Waals surface area contributed by atoms with Crippen LogP contribution in [-0.4, -0.2) is 29.1 Å². The number of benzene rings is 8. The maximum Gasteiger partial charge on any atom is 0.166 e. The van der Waals surface area contributed by atoms with Gasteiger partial charge in [0.25, 0.3) is 0 Å². The average molecular weight is 793 g/mol. The van der Waals surface area contributed by atoms with Gasteiger partial charge in [0.2, 0.25) is 0 Å². The van der Waals surface area contributed by atoms with Crippen LogP contribution in [0.3, 0.4) is 0 Å². The van der Waals surface area contributed by atoms with E-state index >= 15 is 0 Å². The number of para-hydroxylation sites is 4. The molecular weight excluding hydrogens is 757 g/mol. The predicted octanol–water partition coefficient (Wildman–Crippen LogP) is 13.8. The molecule has 12 rings (SSSR count). The lowest BCUT2D eigenvalue weighted by Gasteiger charge is -2.17. The molecule has 6 nitrogen and oxygen atoms in total. The normalized spacial score (nSPS) is 11.5. The van der Waals surface area contributed by atoms with Crippen molar-refractivity contribution in [3.63, 3.8) is 0 Å². The summed E-state index contributed by atoms with van der Waals surface area (Å²) in [5.41, 5.74) is 13.2. The SMILES string of the molecule is c1ccc(-c2nc(-c3ccc(-c4ccccc4)c(-n4c5ccccc5c5ccccc54)c3)nc(-c3ccc(-c4ccccn4)cc3-n3c4ccccc4c4ccccc43)n2)cc1. The molecule has 0 fully saturated rings. The molecule has 4 heterocycles. The fourth-order valence-corrected chi connectivity index (χ4v) is 9.02. The first-order valence-corrected chi connectivity index (χ1v) is 20.8. The molecule has 0 saturated carbocycles. The third kappa shape index (κ3) is 5.88. The van der Waals surface area contributed by atoms with E-state index in [0.717, 1.165) is 72.5 Å². The van der Waals surface area contributed by atoms with Crippen molar-refractivity contribution >= 4 is 43.6 Å². The summed E-state index contributed by atoms with van der Waals surface area (Å²) in [5.74, 6) is 1.75. The molecule has 0 atom stereocenters. The van der Waals surface area contributed by atoms with Crippen molar-refractivity contribution in [3.8, 4) is 67.9 Å². The molecule has 0 aliphatic rings. The van der Waals surface area contributed by atoms with Crippen molar-refractivity contribution in [1.82, 2.24) is 29.1 Å². The van der Waals surface area contributed by atoms with Gasteiger partial charge in [0, 0.05) is 55.6 Å². The minimum atomic E-state index is 0.573. The van der Waals surface area contributed by atoms with Crippen molar-refractivity contribution in [3.05, 3.63) is 219 Å². The van der Waals surface area contributed by atoms with Gasteiger partial charge in [0.1, 0.15) is 0 Å². The summed E-state index contributed by atoms with van der Waals surface area (Å²) in [7, 11) is 0. The molecule has 0 bridgehead atoms. The van der Waals surface area contributed by atoms with Crippen molar-refractivity contribution in [2.45, 2.75) is 0 Å². The molecular formula is C56H36N6. The Balaban J connectivity index is 1.14. The molecule has 12 aromatic rings. The van der Waals surface area contributed by atoms with Crippen LogP contribution in [0.15, 0.2) is 219 Å². The van der Waals surface area contributed by atoms with Gasteiger partial charge in [0.15, 0.2) is 17.5 Å². The first-order chi connectivity index (χ1) is 30.8. The Morgan fingerprint density at radius 2 is 0.710 bits per heavy atom. The van der Waals surface area contributed by atoms with Crippen LogP contribution in [0.1, 0.15) is 0 Å². The second kappa shape index (κ2) is 14.7. The molecule has 8 aromatic carbocycles. The molecule has 0 aliphatic heterocycles. The smallest absolute Gasteiger partial charge is 0.166 e. The quantitative estimate of drug-likeness (QED) is 0.161. The van der Waals surface area contributed by atoms with Gasteiger partial charge in [-0.05, 0) is 60.2 Å². The summed E-state index contributed by atoms with van der Waals surface area (Å²) in [6, 6.07) is 74.3. The zero-order valence-electron chi connectivity index (χ0n) is 33.5. The van der Waals surface area contributed by atoms with E-state index in [1.165, 1.54) is 21.5 Å². The Bertz CT molecular complexity index is 3520. The van der Waals surface area contributed by atoms with E-state index in [0.29, 0.717) is 17.5 Å². The highest BCUT2D eigenvalue weighted by Crippen LogP contribution is 2.40. The minimum absolute atomic E-state index is 0.573. The van der Waals surface area contributed by atoms with E-state index in [9.17, 15) is 0 Å². The molecule has 6 heteroatoms. The van der Waals surface area contributed by atoms with Gasteiger partial charge in [-0.3, -0.25) is 4.98 Å². The fourth-order valence-electron chi connectivity index (χ4n) is 9.02. The van der Waals surface area contributed by atoms with Crippen LogP contribution in [0.25, 0.3) is 112 Å².